The molecule has 5 heterocycles. The van der Waals surface area contributed by atoms with Crippen molar-refractivity contribution in [3.05, 3.63) is 70.6 Å². The Labute approximate surface area is 171 Å². The van der Waals surface area contributed by atoms with Gasteiger partial charge >= 0.3 is 0 Å². The molecule has 9 nitrogen and oxygen atoms in total. The topological polar surface area (TPSA) is 103 Å². The van der Waals surface area contributed by atoms with Gasteiger partial charge in [0, 0.05) is 31.4 Å². The molecule has 6 rings (SSSR count). The maximum atomic E-state index is 12.6. The Kier molecular flexibility index (Phi) is 3.71. The number of aryl methyl sites for hydroxylation is 1. The zero-order chi connectivity index (χ0) is 20.2. The van der Waals surface area contributed by atoms with Gasteiger partial charge in [0.25, 0.3) is 5.56 Å². The molecule has 4 aromatic rings. The average molecular weight is 401 g/mol. The molecule has 2 aliphatic rings. The second kappa shape index (κ2) is 6.45. The summed E-state index contributed by atoms with van der Waals surface area (Å²) in [5.74, 6) is 3.54. The van der Waals surface area contributed by atoms with Crippen molar-refractivity contribution in [2.75, 3.05) is 18.0 Å². The van der Waals surface area contributed by atoms with Crippen LogP contribution in [0.5, 0.6) is 0 Å². The van der Waals surface area contributed by atoms with Gasteiger partial charge in [-0.25, -0.2) is 15.0 Å². The SMILES string of the molecule is Cc1ccc(N2C[C@@H]3C(c4noc(Cn5cnc6ncccc6c5=O)n4)[C@@H]3C2)nc1. The molecular formula is C21H19N7O2. The van der Waals surface area contributed by atoms with Gasteiger partial charge in [-0.1, -0.05) is 11.2 Å². The number of nitrogens with zero attached hydrogens (tertiary/aromatic N) is 7. The zero-order valence-electron chi connectivity index (χ0n) is 16.3. The van der Waals surface area contributed by atoms with Gasteiger partial charge < -0.3 is 9.42 Å². The molecule has 0 N–H and O–H groups in total. The van der Waals surface area contributed by atoms with Crippen LogP contribution in [0.25, 0.3) is 11.0 Å². The van der Waals surface area contributed by atoms with Crippen LogP contribution in [-0.4, -0.2) is 42.7 Å². The highest BCUT2D eigenvalue weighted by Gasteiger charge is 2.58. The number of rotatable bonds is 4. The van der Waals surface area contributed by atoms with Gasteiger partial charge in [-0.15, -0.1) is 0 Å². The Morgan fingerprint density at radius 2 is 2.00 bits per heavy atom. The van der Waals surface area contributed by atoms with E-state index in [0.717, 1.165) is 30.3 Å². The predicted molar refractivity (Wildman–Crippen MR) is 108 cm³/mol. The molecule has 0 bridgehead atoms. The van der Waals surface area contributed by atoms with Crippen molar-refractivity contribution in [3.63, 3.8) is 0 Å². The van der Waals surface area contributed by atoms with E-state index in [1.54, 1.807) is 18.3 Å². The molecule has 9 heteroatoms. The Morgan fingerprint density at radius 1 is 1.13 bits per heavy atom. The van der Waals surface area contributed by atoms with Crippen LogP contribution in [0.3, 0.4) is 0 Å². The summed E-state index contributed by atoms with van der Waals surface area (Å²) in [6.07, 6.45) is 4.99. The third-order valence-electron chi connectivity index (χ3n) is 6.10. The normalized spacial score (nSPS) is 22.4. The summed E-state index contributed by atoms with van der Waals surface area (Å²) in [5, 5.41) is 4.66. The minimum atomic E-state index is -0.169. The van der Waals surface area contributed by atoms with Gasteiger partial charge in [0.2, 0.25) is 5.89 Å². The number of hydrogen-bond acceptors (Lipinski definition) is 8. The molecule has 0 spiro atoms. The van der Waals surface area contributed by atoms with E-state index in [1.165, 1.54) is 10.9 Å². The zero-order valence-corrected chi connectivity index (χ0v) is 16.3. The third kappa shape index (κ3) is 2.77. The van der Waals surface area contributed by atoms with Crippen molar-refractivity contribution >= 4 is 16.9 Å². The highest BCUT2D eigenvalue weighted by atomic mass is 16.5. The van der Waals surface area contributed by atoms with Gasteiger partial charge in [0.1, 0.15) is 18.7 Å². The fraction of sp³-hybridized carbons (Fsp3) is 0.333. The van der Waals surface area contributed by atoms with E-state index in [0.29, 0.717) is 34.7 Å². The molecule has 1 saturated carbocycles. The van der Waals surface area contributed by atoms with E-state index in [9.17, 15) is 4.79 Å². The lowest BCUT2D eigenvalue weighted by molar-refractivity contribution is 0.363. The van der Waals surface area contributed by atoms with Crippen molar-refractivity contribution in [2.45, 2.75) is 19.4 Å². The van der Waals surface area contributed by atoms with Crippen molar-refractivity contribution in [3.8, 4) is 0 Å². The first kappa shape index (κ1) is 17.3. The monoisotopic (exact) mass is 401 g/mol. The van der Waals surface area contributed by atoms with Crippen molar-refractivity contribution in [1.29, 1.82) is 0 Å². The summed E-state index contributed by atoms with van der Waals surface area (Å²) in [6.45, 7) is 4.15. The minimum Gasteiger partial charge on any atom is -0.356 e. The molecule has 150 valence electrons. The van der Waals surface area contributed by atoms with Crippen LogP contribution in [0.2, 0.25) is 0 Å². The van der Waals surface area contributed by atoms with E-state index < -0.39 is 0 Å². The summed E-state index contributed by atoms with van der Waals surface area (Å²) in [6, 6.07) is 7.61. The highest BCUT2D eigenvalue weighted by molar-refractivity contribution is 5.72. The van der Waals surface area contributed by atoms with Crippen LogP contribution in [0.15, 0.2) is 52.3 Å². The Morgan fingerprint density at radius 3 is 2.80 bits per heavy atom. The average Bonchev–Trinajstić information content (AvgIpc) is 3.10. The quantitative estimate of drug-likeness (QED) is 0.510. The molecule has 0 amide bonds. The smallest absolute Gasteiger partial charge is 0.263 e. The molecule has 30 heavy (non-hydrogen) atoms. The van der Waals surface area contributed by atoms with Gasteiger partial charge in [-0.05, 0) is 42.5 Å². The van der Waals surface area contributed by atoms with E-state index in [4.69, 9.17) is 4.52 Å². The molecule has 3 atom stereocenters. The number of hydrogen-bond donors (Lipinski definition) is 0. The number of pyridine rings is 2. The summed E-state index contributed by atoms with van der Waals surface area (Å²) in [7, 11) is 0. The lowest BCUT2D eigenvalue weighted by Crippen LogP contribution is -2.24. The molecule has 2 fully saturated rings. The second-order valence-corrected chi connectivity index (χ2v) is 8.05. The van der Waals surface area contributed by atoms with Crippen LogP contribution in [0.1, 0.15) is 23.2 Å². The van der Waals surface area contributed by atoms with Gasteiger partial charge in [0.15, 0.2) is 11.5 Å². The fourth-order valence-electron chi connectivity index (χ4n) is 4.47. The molecule has 0 aromatic carbocycles. The number of aromatic nitrogens is 6. The molecular weight excluding hydrogens is 382 g/mol. The highest BCUT2D eigenvalue weighted by Crippen LogP contribution is 2.57. The molecule has 1 aliphatic carbocycles. The number of fused-ring (bicyclic) bond motifs is 2. The van der Waals surface area contributed by atoms with Crippen LogP contribution < -0.4 is 10.5 Å². The maximum Gasteiger partial charge on any atom is 0.263 e. The van der Waals surface area contributed by atoms with Crippen molar-refractivity contribution in [1.82, 2.24) is 29.7 Å². The first-order chi connectivity index (χ1) is 14.7. The van der Waals surface area contributed by atoms with E-state index in [1.807, 2.05) is 13.1 Å². The van der Waals surface area contributed by atoms with Gasteiger partial charge in [-0.3, -0.25) is 9.36 Å². The molecule has 0 radical (unpaired) electrons. The van der Waals surface area contributed by atoms with Crippen molar-refractivity contribution < 1.29 is 4.52 Å². The first-order valence-corrected chi connectivity index (χ1v) is 9.97. The summed E-state index contributed by atoms with van der Waals surface area (Å²) in [5.41, 5.74) is 1.43. The van der Waals surface area contributed by atoms with Crippen molar-refractivity contribution in [2.24, 2.45) is 11.8 Å². The fourth-order valence-corrected chi connectivity index (χ4v) is 4.47. The molecule has 1 aliphatic heterocycles. The van der Waals surface area contributed by atoms with Crippen LogP contribution in [0, 0.1) is 18.8 Å². The Hall–Kier alpha value is -3.62. The standard InChI is InChI=1S/C21H19N7O2/c1-12-4-5-16(23-7-12)27-8-14-15(9-27)18(14)20-25-17(30-26-20)10-28-11-24-19-13(21(28)29)3-2-6-22-19/h2-7,11,14-15,18H,8-10H2,1H3/t14-,15+,18?. The first-order valence-electron chi connectivity index (χ1n) is 9.97. The Bertz CT molecular complexity index is 1280. The van der Waals surface area contributed by atoms with Gasteiger partial charge in [0.05, 0.1) is 5.39 Å². The minimum absolute atomic E-state index is 0.169. The van der Waals surface area contributed by atoms with E-state index in [-0.39, 0.29) is 12.1 Å². The summed E-state index contributed by atoms with van der Waals surface area (Å²) in [4.78, 5) is 32.4. The van der Waals surface area contributed by atoms with Crippen LogP contribution in [-0.2, 0) is 6.54 Å². The van der Waals surface area contributed by atoms with Gasteiger partial charge in [-0.2, -0.15) is 4.98 Å². The maximum absolute atomic E-state index is 12.6. The van der Waals surface area contributed by atoms with E-state index >= 15 is 0 Å². The van der Waals surface area contributed by atoms with E-state index in [2.05, 4.69) is 42.1 Å². The number of anilines is 1. The van der Waals surface area contributed by atoms with Crippen LogP contribution >= 0.6 is 0 Å². The predicted octanol–water partition coefficient (Wildman–Crippen LogP) is 1.78. The number of piperidine rings is 1. The van der Waals surface area contributed by atoms with Crippen LogP contribution in [0.4, 0.5) is 5.82 Å². The Balaban J connectivity index is 1.16. The summed E-state index contributed by atoms with van der Waals surface area (Å²) < 4.78 is 6.91. The molecule has 1 saturated heterocycles. The molecule has 4 aromatic heterocycles. The lowest BCUT2D eigenvalue weighted by atomic mass is 10.2. The second-order valence-electron chi connectivity index (χ2n) is 8.05. The summed E-state index contributed by atoms with van der Waals surface area (Å²) >= 11 is 0. The third-order valence-corrected chi connectivity index (χ3v) is 6.10. The lowest BCUT2D eigenvalue weighted by Gasteiger charge is -2.20. The molecule has 1 unspecified atom stereocenters. The largest absolute Gasteiger partial charge is 0.356 e.